The monoisotopic (exact) mass is 213 g/mol. The van der Waals surface area contributed by atoms with Crippen LogP contribution in [0.2, 0.25) is 0 Å². The van der Waals surface area contributed by atoms with Gasteiger partial charge in [-0.25, -0.2) is 8.42 Å². The van der Waals surface area contributed by atoms with Gasteiger partial charge < -0.3 is 5.73 Å². The summed E-state index contributed by atoms with van der Waals surface area (Å²) in [7, 11) is -3.08. The SMILES string of the molecule is CCS(=O)(=O)c1ccc([C@H](C)N)cc1. The standard InChI is InChI=1S/C10H15NO2S/c1-3-14(12,13)10-6-4-9(5-7-10)8(2)11/h4-8H,3,11H2,1-2H3/t8-/m0/s1. The van der Waals surface area contributed by atoms with E-state index in [-0.39, 0.29) is 11.8 Å². The van der Waals surface area contributed by atoms with E-state index in [1.54, 1.807) is 31.2 Å². The molecule has 0 aliphatic heterocycles. The fraction of sp³-hybridized carbons (Fsp3) is 0.400. The lowest BCUT2D eigenvalue weighted by molar-refractivity contribution is 0.597. The van der Waals surface area contributed by atoms with Crippen molar-refractivity contribution < 1.29 is 8.42 Å². The van der Waals surface area contributed by atoms with Crippen molar-refractivity contribution in [3.63, 3.8) is 0 Å². The molecule has 78 valence electrons. The van der Waals surface area contributed by atoms with Gasteiger partial charge in [-0.1, -0.05) is 19.1 Å². The summed E-state index contributed by atoms with van der Waals surface area (Å²) in [5, 5.41) is 0. The zero-order chi connectivity index (χ0) is 10.8. The second-order valence-corrected chi connectivity index (χ2v) is 5.54. The summed E-state index contributed by atoms with van der Waals surface area (Å²) in [6.07, 6.45) is 0. The molecule has 0 aliphatic rings. The molecule has 1 atom stereocenters. The maximum atomic E-state index is 11.5. The maximum Gasteiger partial charge on any atom is 0.178 e. The van der Waals surface area contributed by atoms with Crippen molar-refractivity contribution in [2.75, 3.05) is 5.75 Å². The van der Waals surface area contributed by atoms with Gasteiger partial charge in [0, 0.05) is 6.04 Å². The molecule has 4 heteroatoms. The van der Waals surface area contributed by atoms with Crippen molar-refractivity contribution in [1.82, 2.24) is 0 Å². The fourth-order valence-corrected chi connectivity index (χ4v) is 2.03. The van der Waals surface area contributed by atoms with E-state index in [0.29, 0.717) is 4.90 Å². The summed E-state index contributed by atoms with van der Waals surface area (Å²) >= 11 is 0. The Bertz CT molecular complexity index is 393. The smallest absolute Gasteiger partial charge is 0.178 e. The lowest BCUT2D eigenvalue weighted by Crippen LogP contribution is -2.07. The summed E-state index contributed by atoms with van der Waals surface area (Å²) in [5.74, 6) is 0.129. The Balaban J connectivity index is 3.06. The van der Waals surface area contributed by atoms with E-state index in [2.05, 4.69) is 0 Å². The largest absolute Gasteiger partial charge is 0.324 e. The average Bonchev–Trinajstić information content (AvgIpc) is 2.18. The third-order valence-electron chi connectivity index (χ3n) is 2.15. The highest BCUT2D eigenvalue weighted by Crippen LogP contribution is 2.15. The highest BCUT2D eigenvalue weighted by Gasteiger charge is 2.11. The van der Waals surface area contributed by atoms with Crippen molar-refractivity contribution in [2.24, 2.45) is 5.73 Å². The first kappa shape index (κ1) is 11.2. The van der Waals surface area contributed by atoms with Gasteiger partial charge in [-0.05, 0) is 24.6 Å². The van der Waals surface area contributed by atoms with Gasteiger partial charge in [0.05, 0.1) is 10.6 Å². The van der Waals surface area contributed by atoms with Crippen molar-refractivity contribution >= 4 is 9.84 Å². The zero-order valence-electron chi connectivity index (χ0n) is 8.40. The second kappa shape index (κ2) is 4.11. The molecule has 0 saturated heterocycles. The van der Waals surface area contributed by atoms with Crippen molar-refractivity contribution in [1.29, 1.82) is 0 Å². The zero-order valence-corrected chi connectivity index (χ0v) is 9.21. The minimum atomic E-state index is -3.08. The van der Waals surface area contributed by atoms with Crippen LogP contribution < -0.4 is 5.73 Å². The minimum absolute atomic E-state index is 0.0617. The Labute approximate surface area is 84.9 Å². The number of hydrogen-bond acceptors (Lipinski definition) is 3. The van der Waals surface area contributed by atoms with Crippen LogP contribution in [0.3, 0.4) is 0 Å². The third kappa shape index (κ3) is 2.33. The van der Waals surface area contributed by atoms with Crippen LogP contribution in [-0.4, -0.2) is 14.2 Å². The Morgan fingerprint density at radius 1 is 1.29 bits per heavy atom. The number of sulfone groups is 1. The van der Waals surface area contributed by atoms with Crippen LogP contribution in [0, 0.1) is 0 Å². The summed E-state index contributed by atoms with van der Waals surface area (Å²) in [6, 6.07) is 6.67. The molecule has 2 N–H and O–H groups in total. The number of nitrogens with two attached hydrogens (primary N) is 1. The van der Waals surface area contributed by atoms with Crippen LogP contribution in [0.1, 0.15) is 25.5 Å². The van der Waals surface area contributed by atoms with Crippen LogP contribution in [0.15, 0.2) is 29.2 Å². The van der Waals surface area contributed by atoms with Gasteiger partial charge in [-0.2, -0.15) is 0 Å². The molecule has 3 nitrogen and oxygen atoms in total. The number of benzene rings is 1. The van der Waals surface area contributed by atoms with E-state index in [1.165, 1.54) is 0 Å². The van der Waals surface area contributed by atoms with Gasteiger partial charge in [-0.3, -0.25) is 0 Å². The fourth-order valence-electron chi connectivity index (χ4n) is 1.15. The minimum Gasteiger partial charge on any atom is -0.324 e. The van der Waals surface area contributed by atoms with E-state index >= 15 is 0 Å². The first-order valence-electron chi connectivity index (χ1n) is 4.55. The molecule has 0 spiro atoms. The van der Waals surface area contributed by atoms with E-state index in [9.17, 15) is 8.42 Å². The predicted octanol–water partition coefficient (Wildman–Crippen LogP) is 1.50. The molecule has 0 saturated carbocycles. The van der Waals surface area contributed by atoms with Gasteiger partial charge >= 0.3 is 0 Å². The average molecular weight is 213 g/mol. The molecule has 0 radical (unpaired) electrons. The number of hydrogen-bond donors (Lipinski definition) is 1. The summed E-state index contributed by atoms with van der Waals surface area (Å²) in [6.45, 7) is 3.50. The Hall–Kier alpha value is -0.870. The van der Waals surface area contributed by atoms with E-state index in [4.69, 9.17) is 5.73 Å². The van der Waals surface area contributed by atoms with Crippen LogP contribution in [0.4, 0.5) is 0 Å². The van der Waals surface area contributed by atoms with Crippen LogP contribution in [0.5, 0.6) is 0 Å². The van der Waals surface area contributed by atoms with Gasteiger partial charge in [0.15, 0.2) is 9.84 Å². The molecular weight excluding hydrogens is 198 g/mol. The van der Waals surface area contributed by atoms with Gasteiger partial charge in [-0.15, -0.1) is 0 Å². The van der Waals surface area contributed by atoms with Gasteiger partial charge in [0.1, 0.15) is 0 Å². The highest BCUT2D eigenvalue weighted by atomic mass is 32.2. The van der Waals surface area contributed by atoms with E-state index < -0.39 is 9.84 Å². The summed E-state index contributed by atoms with van der Waals surface area (Å²) < 4.78 is 22.9. The molecule has 1 aromatic rings. The molecule has 1 rings (SSSR count). The first-order valence-corrected chi connectivity index (χ1v) is 6.21. The van der Waals surface area contributed by atoms with E-state index in [1.807, 2.05) is 6.92 Å². The lowest BCUT2D eigenvalue weighted by atomic mass is 10.1. The predicted molar refractivity (Wildman–Crippen MR) is 56.8 cm³/mol. The molecule has 1 aromatic carbocycles. The maximum absolute atomic E-state index is 11.5. The van der Waals surface area contributed by atoms with Gasteiger partial charge in [0.2, 0.25) is 0 Å². The summed E-state index contributed by atoms with van der Waals surface area (Å²) in [4.78, 5) is 0.365. The van der Waals surface area contributed by atoms with E-state index in [0.717, 1.165) is 5.56 Å². The molecular formula is C10H15NO2S. The Kier molecular flexibility index (Phi) is 3.29. The Morgan fingerprint density at radius 3 is 2.14 bits per heavy atom. The first-order chi connectivity index (χ1) is 6.47. The molecule has 0 unspecified atom stereocenters. The third-order valence-corrected chi connectivity index (χ3v) is 3.90. The topological polar surface area (TPSA) is 60.2 Å². The normalized spacial score (nSPS) is 13.9. The van der Waals surface area contributed by atoms with Crippen molar-refractivity contribution in [3.05, 3.63) is 29.8 Å². The van der Waals surface area contributed by atoms with Crippen LogP contribution in [0.25, 0.3) is 0 Å². The molecule has 0 heterocycles. The molecule has 0 fully saturated rings. The second-order valence-electron chi connectivity index (χ2n) is 3.26. The summed E-state index contributed by atoms with van der Waals surface area (Å²) in [5.41, 5.74) is 6.60. The molecule has 0 bridgehead atoms. The van der Waals surface area contributed by atoms with Crippen molar-refractivity contribution in [3.8, 4) is 0 Å². The quantitative estimate of drug-likeness (QED) is 0.827. The van der Waals surface area contributed by atoms with Crippen LogP contribution >= 0.6 is 0 Å². The molecule has 0 aromatic heterocycles. The molecule has 0 amide bonds. The van der Waals surface area contributed by atoms with Crippen LogP contribution in [-0.2, 0) is 9.84 Å². The Morgan fingerprint density at radius 2 is 1.79 bits per heavy atom. The highest BCUT2D eigenvalue weighted by molar-refractivity contribution is 7.91. The number of rotatable bonds is 3. The molecule has 14 heavy (non-hydrogen) atoms. The van der Waals surface area contributed by atoms with Gasteiger partial charge in [0.25, 0.3) is 0 Å². The lowest BCUT2D eigenvalue weighted by Gasteiger charge is -2.06. The molecule has 0 aliphatic carbocycles. The van der Waals surface area contributed by atoms with Crippen molar-refractivity contribution in [2.45, 2.75) is 24.8 Å².